The molecule has 2 saturated heterocycles. The number of hydrogen-bond acceptors (Lipinski definition) is 6. The van der Waals surface area contributed by atoms with Crippen molar-refractivity contribution in [2.24, 2.45) is 0 Å². The number of nitrogens with one attached hydrogen (secondary N) is 1. The fourth-order valence-electron chi connectivity index (χ4n) is 4.75. The van der Waals surface area contributed by atoms with E-state index in [2.05, 4.69) is 29.3 Å². The maximum absolute atomic E-state index is 12.5. The van der Waals surface area contributed by atoms with Crippen LogP contribution in [0.3, 0.4) is 0 Å². The molecule has 0 saturated carbocycles. The summed E-state index contributed by atoms with van der Waals surface area (Å²) >= 11 is 0. The molecule has 182 valence electrons. The van der Waals surface area contributed by atoms with Gasteiger partial charge in [0.25, 0.3) is 0 Å². The number of carbonyl (C=O) groups excluding carboxylic acids is 3. The lowest BCUT2D eigenvalue weighted by molar-refractivity contribution is -0.134. The third kappa shape index (κ3) is 5.78. The molecule has 0 aromatic heterocycles. The number of piperidine rings is 2. The van der Waals surface area contributed by atoms with Gasteiger partial charge in [-0.2, -0.15) is 0 Å². The van der Waals surface area contributed by atoms with E-state index in [0.717, 1.165) is 38.0 Å². The molecule has 2 aliphatic rings. The normalized spacial score (nSPS) is 19.8. The Morgan fingerprint density at radius 3 is 2.39 bits per heavy atom. The quantitative estimate of drug-likeness (QED) is 0.682. The SMILES string of the molecule is CCc1c(N2CCC(N(C)C(=O)OC(C)(C)C)CC2)cccc1N(C)[C@H]1CCC(=O)NC1=O. The first-order valence-electron chi connectivity index (χ1n) is 11.9. The summed E-state index contributed by atoms with van der Waals surface area (Å²) in [4.78, 5) is 42.6. The van der Waals surface area contributed by atoms with Crippen LogP contribution in [0.1, 0.15) is 58.9 Å². The van der Waals surface area contributed by atoms with Crippen LogP contribution < -0.4 is 15.1 Å². The van der Waals surface area contributed by atoms with Gasteiger partial charge in [0.1, 0.15) is 11.6 Å². The molecule has 8 nitrogen and oxygen atoms in total. The number of benzene rings is 1. The number of amides is 3. The molecule has 2 aliphatic heterocycles. The Hall–Kier alpha value is -2.77. The van der Waals surface area contributed by atoms with E-state index >= 15 is 0 Å². The zero-order chi connectivity index (χ0) is 24.3. The Labute approximate surface area is 197 Å². The van der Waals surface area contributed by atoms with Gasteiger partial charge in [-0.05, 0) is 64.2 Å². The molecule has 0 spiro atoms. The van der Waals surface area contributed by atoms with Crippen molar-refractivity contribution >= 4 is 29.3 Å². The molecule has 3 amide bonds. The number of imide groups is 1. The van der Waals surface area contributed by atoms with Crippen LogP contribution in [0, 0.1) is 0 Å². The Morgan fingerprint density at radius 2 is 1.82 bits per heavy atom. The second-order valence-electron chi connectivity index (χ2n) is 10.0. The van der Waals surface area contributed by atoms with Crippen LogP contribution in [0.5, 0.6) is 0 Å². The molecule has 1 N–H and O–H groups in total. The Balaban J connectivity index is 1.71. The van der Waals surface area contributed by atoms with Crippen LogP contribution in [-0.4, -0.2) is 67.7 Å². The van der Waals surface area contributed by atoms with E-state index in [1.165, 1.54) is 11.3 Å². The first-order chi connectivity index (χ1) is 15.5. The average molecular weight is 459 g/mol. The fourth-order valence-corrected chi connectivity index (χ4v) is 4.75. The predicted octanol–water partition coefficient (Wildman–Crippen LogP) is 3.33. The Morgan fingerprint density at radius 1 is 1.15 bits per heavy atom. The molecule has 0 aliphatic carbocycles. The standard InChI is InChI=1S/C25H38N4O4/c1-7-18-19(28(6)21-11-12-22(30)26-23(21)31)9-8-10-20(18)29-15-13-17(14-16-29)27(5)24(32)33-25(2,3)4/h8-10,17,21H,7,11-16H2,1-6H3,(H,26,30,31)/t21-/m0/s1. The lowest BCUT2D eigenvalue weighted by Crippen LogP contribution is -2.51. The van der Waals surface area contributed by atoms with Crippen LogP contribution in [0.2, 0.25) is 0 Å². The minimum absolute atomic E-state index is 0.149. The summed E-state index contributed by atoms with van der Waals surface area (Å²) in [5, 5.41) is 2.46. The summed E-state index contributed by atoms with van der Waals surface area (Å²) in [6.07, 6.45) is 3.18. The number of nitrogens with zero attached hydrogens (tertiary/aromatic N) is 3. The highest BCUT2D eigenvalue weighted by Gasteiger charge is 2.32. The van der Waals surface area contributed by atoms with E-state index in [0.29, 0.717) is 12.8 Å². The van der Waals surface area contributed by atoms with Crippen molar-refractivity contribution in [1.29, 1.82) is 0 Å². The molecule has 2 fully saturated rings. The van der Waals surface area contributed by atoms with Gasteiger partial charge in [0.2, 0.25) is 11.8 Å². The third-order valence-corrected chi connectivity index (χ3v) is 6.57. The van der Waals surface area contributed by atoms with Crippen molar-refractivity contribution in [3.8, 4) is 0 Å². The topological polar surface area (TPSA) is 82.2 Å². The van der Waals surface area contributed by atoms with Gasteiger partial charge in [-0.1, -0.05) is 13.0 Å². The summed E-state index contributed by atoms with van der Waals surface area (Å²) in [6, 6.07) is 6.02. The molecule has 0 bridgehead atoms. The highest BCUT2D eigenvalue weighted by Crippen LogP contribution is 2.34. The molecule has 1 aromatic rings. The van der Waals surface area contributed by atoms with Gasteiger partial charge in [-0.15, -0.1) is 0 Å². The summed E-state index contributed by atoms with van der Waals surface area (Å²) in [7, 11) is 3.75. The summed E-state index contributed by atoms with van der Waals surface area (Å²) in [5.41, 5.74) is 2.89. The maximum atomic E-state index is 12.5. The zero-order valence-electron chi connectivity index (χ0n) is 20.8. The van der Waals surface area contributed by atoms with E-state index in [1.807, 2.05) is 45.8 Å². The second kappa shape index (κ2) is 10.0. The minimum Gasteiger partial charge on any atom is -0.444 e. The second-order valence-corrected chi connectivity index (χ2v) is 10.0. The number of ether oxygens (including phenoxy) is 1. The van der Waals surface area contributed by atoms with E-state index in [-0.39, 0.29) is 30.0 Å². The molecular formula is C25H38N4O4. The van der Waals surface area contributed by atoms with Crippen LogP contribution in [0.4, 0.5) is 16.2 Å². The van der Waals surface area contributed by atoms with Crippen LogP contribution in [0.15, 0.2) is 18.2 Å². The van der Waals surface area contributed by atoms with E-state index < -0.39 is 5.60 Å². The summed E-state index contributed by atoms with van der Waals surface area (Å²) in [5.74, 6) is -0.430. The van der Waals surface area contributed by atoms with Gasteiger partial charge in [0.05, 0.1) is 0 Å². The monoisotopic (exact) mass is 458 g/mol. The molecule has 0 radical (unpaired) electrons. The first kappa shape index (κ1) is 24.9. The van der Waals surface area contributed by atoms with Crippen LogP contribution >= 0.6 is 0 Å². The van der Waals surface area contributed by atoms with Gasteiger partial charge in [0, 0.05) is 51.0 Å². The van der Waals surface area contributed by atoms with Crippen molar-refractivity contribution in [2.75, 3.05) is 37.0 Å². The van der Waals surface area contributed by atoms with Crippen LogP contribution in [-0.2, 0) is 20.7 Å². The van der Waals surface area contributed by atoms with Crippen molar-refractivity contribution in [2.45, 2.75) is 77.5 Å². The van der Waals surface area contributed by atoms with Crippen molar-refractivity contribution in [3.63, 3.8) is 0 Å². The lowest BCUT2D eigenvalue weighted by atomic mass is 9.98. The molecule has 0 unspecified atom stereocenters. The smallest absolute Gasteiger partial charge is 0.410 e. The molecular weight excluding hydrogens is 420 g/mol. The van der Waals surface area contributed by atoms with Crippen LogP contribution in [0.25, 0.3) is 0 Å². The lowest BCUT2D eigenvalue weighted by Gasteiger charge is -2.40. The van der Waals surface area contributed by atoms with E-state index in [1.54, 1.807) is 4.90 Å². The molecule has 8 heteroatoms. The number of hydrogen-bond donors (Lipinski definition) is 1. The molecule has 1 atom stereocenters. The largest absolute Gasteiger partial charge is 0.444 e. The fraction of sp³-hybridized carbons (Fsp3) is 0.640. The molecule has 3 rings (SSSR count). The number of carbonyl (C=O) groups is 3. The highest BCUT2D eigenvalue weighted by atomic mass is 16.6. The van der Waals surface area contributed by atoms with Gasteiger partial charge >= 0.3 is 6.09 Å². The molecule has 33 heavy (non-hydrogen) atoms. The number of rotatable bonds is 5. The maximum Gasteiger partial charge on any atom is 0.410 e. The zero-order valence-corrected chi connectivity index (χ0v) is 20.8. The Kier molecular flexibility index (Phi) is 7.55. The van der Waals surface area contributed by atoms with Gasteiger partial charge in [-0.3, -0.25) is 14.9 Å². The summed E-state index contributed by atoms with van der Waals surface area (Å²) < 4.78 is 5.53. The Bertz CT molecular complexity index is 887. The first-order valence-corrected chi connectivity index (χ1v) is 11.9. The summed E-state index contributed by atoms with van der Waals surface area (Å²) in [6.45, 7) is 9.46. The van der Waals surface area contributed by atoms with Crippen molar-refractivity contribution in [1.82, 2.24) is 10.2 Å². The van der Waals surface area contributed by atoms with Crippen molar-refractivity contribution < 1.29 is 19.1 Å². The van der Waals surface area contributed by atoms with Gasteiger partial charge in [0.15, 0.2) is 0 Å². The number of likely N-dealkylation sites (N-methyl/N-ethyl adjacent to an activating group) is 1. The van der Waals surface area contributed by atoms with E-state index in [4.69, 9.17) is 4.74 Å². The molecule has 2 heterocycles. The average Bonchev–Trinajstić information content (AvgIpc) is 2.76. The number of anilines is 2. The van der Waals surface area contributed by atoms with Gasteiger partial charge in [-0.25, -0.2) is 4.79 Å². The van der Waals surface area contributed by atoms with E-state index in [9.17, 15) is 14.4 Å². The highest BCUT2D eigenvalue weighted by molar-refractivity contribution is 6.01. The van der Waals surface area contributed by atoms with Gasteiger partial charge < -0.3 is 19.4 Å². The predicted molar refractivity (Wildman–Crippen MR) is 130 cm³/mol. The third-order valence-electron chi connectivity index (χ3n) is 6.57. The molecule has 1 aromatic carbocycles. The van der Waals surface area contributed by atoms with Crippen molar-refractivity contribution in [3.05, 3.63) is 23.8 Å². The minimum atomic E-state index is -0.503.